The van der Waals surface area contributed by atoms with Gasteiger partial charge < -0.3 is 5.11 Å². The minimum Gasteiger partial charge on any atom is -0.388 e. The first-order chi connectivity index (χ1) is 8.56. The van der Waals surface area contributed by atoms with Gasteiger partial charge in [-0.15, -0.1) is 0 Å². The summed E-state index contributed by atoms with van der Waals surface area (Å²) in [5.74, 6) is -0.313. The van der Waals surface area contributed by atoms with Crippen LogP contribution >= 0.6 is 27.5 Å². The second-order valence-electron chi connectivity index (χ2n) is 4.01. The molecule has 1 nitrogen and oxygen atoms in total. The third-order valence-electron chi connectivity index (χ3n) is 2.65. The Labute approximate surface area is 118 Å². The van der Waals surface area contributed by atoms with Crippen molar-refractivity contribution in [1.29, 1.82) is 0 Å². The number of benzene rings is 2. The molecular weight excluding hydrogens is 319 g/mol. The van der Waals surface area contributed by atoms with Crippen LogP contribution in [-0.4, -0.2) is 5.11 Å². The van der Waals surface area contributed by atoms with Gasteiger partial charge in [-0.1, -0.05) is 39.7 Å². The van der Waals surface area contributed by atoms with Crippen LogP contribution in [0.5, 0.6) is 0 Å². The maximum absolute atomic E-state index is 13.1. The van der Waals surface area contributed by atoms with E-state index in [0.29, 0.717) is 11.4 Å². The first-order valence-electron chi connectivity index (χ1n) is 5.44. The number of aliphatic hydroxyl groups excluding tert-OH is 1. The lowest BCUT2D eigenvalue weighted by molar-refractivity contribution is 0.178. The molecule has 94 valence electrons. The van der Waals surface area contributed by atoms with Gasteiger partial charge in [0.1, 0.15) is 5.82 Å². The monoisotopic (exact) mass is 328 g/mol. The van der Waals surface area contributed by atoms with Crippen molar-refractivity contribution in [3.8, 4) is 0 Å². The molecule has 0 saturated heterocycles. The molecule has 4 heteroatoms. The SMILES string of the molecule is OC(Cc1cc(F)ccc1Br)c1cccc(Cl)c1. The highest BCUT2D eigenvalue weighted by atomic mass is 79.9. The first kappa shape index (κ1) is 13.5. The van der Waals surface area contributed by atoms with Crippen molar-refractivity contribution < 1.29 is 9.50 Å². The number of hydrogen-bond acceptors (Lipinski definition) is 1. The average Bonchev–Trinajstić information content (AvgIpc) is 2.34. The first-order valence-corrected chi connectivity index (χ1v) is 6.61. The van der Waals surface area contributed by atoms with Crippen LogP contribution in [0, 0.1) is 5.82 Å². The van der Waals surface area contributed by atoms with Crippen molar-refractivity contribution in [1.82, 2.24) is 0 Å². The molecule has 2 rings (SSSR count). The molecule has 0 bridgehead atoms. The molecule has 0 aliphatic carbocycles. The lowest BCUT2D eigenvalue weighted by atomic mass is 10.0. The van der Waals surface area contributed by atoms with Crippen LogP contribution in [0.2, 0.25) is 5.02 Å². The van der Waals surface area contributed by atoms with Crippen LogP contribution in [0.4, 0.5) is 4.39 Å². The quantitative estimate of drug-likeness (QED) is 0.878. The number of rotatable bonds is 3. The molecule has 0 heterocycles. The normalized spacial score (nSPS) is 12.4. The van der Waals surface area contributed by atoms with Crippen LogP contribution in [0.1, 0.15) is 17.2 Å². The second-order valence-corrected chi connectivity index (χ2v) is 5.30. The molecule has 2 aromatic rings. The molecule has 0 aromatic heterocycles. The zero-order valence-electron chi connectivity index (χ0n) is 9.41. The summed E-state index contributed by atoms with van der Waals surface area (Å²) in [5, 5.41) is 10.7. The van der Waals surface area contributed by atoms with E-state index in [4.69, 9.17) is 11.6 Å². The average molecular weight is 330 g/mol. The Morgan fingerprint density at radius 1 is 1.22 bits per heavy atom. The van der Waals surface area contributed by atoms with Crippen LogP contribution in [0.3, 0.4) is 0 Å². The van der Waals surface area contributed by atoms with Gasteiger partial charge in [0.15, 0.2) is 0 Å². The van der Waals surface area contributed by atoms with Crippen molar-refractivity contribution >= 4 is 27.5 Å². The maximum Gasteiger partial charge on any atom is 0.123 e. The van der Waals surface area contributed by atoms with Gasteiger partial charge in [-0.25, -0.2) is 4.39 Å². The zero-order valence-corrected chi connectivity index (χ0v) is 11.7. The fourth-order valence-electron chi connectivity index (χ4n) is 1.74. The predicted molar refractivity (Wildman–Crippen MR) is 74.2 cm³/mol. The van der Waals surface area contributed by atoms with Gasteiger partial charge in [0.25, 0.3) is 0 Å². The Bertz CT molecular complexity index is 559. The molecule has 18 heavy (non-hydrogen) atoms. The van der Waals surface area contributed by atoms with Crippen molar-refractivity contribution in [3.05, 3.63) is 68.9 Å². The van der Waals surface area contributed by atoms with E-state index in [2.05, 4.69) is 15.9 Å². The van der Waals surface area contributed by atoms with Gasteiger partial charge in [-0.2, -0.15) is 0 Å². The van der Waals surface area contributed by atoms with Crippen LogP contribution in [0.15, 0.2) is 46.9 Å². The Balaban J connectivity index is 2.21. The standard InChI is InChI=1S/C14H11BrClFO/c15-13-5-4-12(17)7-10(13)8-14(18)9-2-1-3-11(16)6-9/h1-7,14,18H,8H2. The molecule has 0 fully saturated rings. The van der Waals surface area contributed by atoms with Gasteiger partial charge in [0.2, 0.25) is 0 Å². The summed E-state index contributed by atoms with van der Waals surface area (Å²) in [6.45, 7) is 0. The topological polar surface area (TPSA) is 20.2 Å². The molecule has 0 amide bonds. The van der Waals surface area contributed by atoms with Crippen molar-refractivity contribution in [2.24, 2.45) is 0 Å². The summed E-state index contributed by atoms with van der Waals surface area (Å²) in [6.07, 6.45) is -0.375. The zero-order chi connectivity index (χ0) is 13.1. The Hall–Kier alpha value is -0.900. The summed E-state index contributed by atoms with van der Waals surface area (Å²) >= 11 is 9.21. The van der Waals surface area contributed by atoms with Gasteiger partial charge in [0.05, 0.1) is 6.10 Å². The molecule has 0 aliphatic heterocycles. The summed E-state index contributed by atoms with van der Waals surface area (Å²) < 4.78 is 13.9. The van der Waals surface area contributed by atoms with Gasteiger partial charge >= 0.3 is 0 Å². The van der Waals surface area contributed by atoms with Gasteiger partial charge in [-0.3, -0.25) is 0 Å². The molecule has 0 radical (unpaired) electrons. The van der Waals surface area contributed by atoms with Crippen LogP contribution < -0.4 is 0 Å². The van der Waals surface area contributed by atoms with Gasteiger partial charge in [-0.05, 0) is 41.5 Å². The summed E-state index contributed by atoms with van der Waals surface area (Å²) in [4.78, 5) is 0. The molecule has 1 unspecified atom stereocenters. The third kappa shape index (κ3) is 3.31. The number of aliphatic hydroxyl groups is 1. The highest BCUT2D eigenvalue weighted by molar-refractivity contribution is 9.10. The fraction of sp³-hybridized carbons (Fsp3) is 0.143. The van der Waals surface area contributed by atoms with E-state index >= 15 is 0 Å². The lowest BCUT2D eigenvalue weighted by Gasteiger charge is -2.12. The van der Waals surface area contributed by atoms with E-state index in [1.54, 1.807) is 30.3 Å². The minimum atomic E-state index is -0.707. The molecule has 1 N–H and O–H groups in total. The molecule has 2 aromatic carbocycles. The molecular formula is C14H11BrClFO. The van der Waals surface area contributed by atoms with Crippen LogP contribution in [0.25, 0.3) is 0 Å². The summed E-state index contributed by atoms with van der Waals surface area (Å²) in [7, 11) is 0. The maximum atomic E-state index is 13.1. The van der Waals surface area contributed by atoms with Crippen molar-refractivity contribution in [3.63, 3.8) is 0 Å². The van der Waals surface area contributed by atoms with E-state index in [1.165, 1.54) is 12.1 Å². The summed E-state index contributed by atoms with van der Waals surface area (Å²) in [5.41, 5.74) is 1.45. The third-order valence-corrected chi connectivity index (χ3v) is 3.66. The molecule has 1 atom stereocenters. The predicted octanol–water partition coefficient (Wildman–Crippen LogP) is 4.52. The largest absolute Gasteiger partial charge is 0.388 e. The Morgan fingerprint density at radius 2 is 2.00 bits per heavy atom. The van der Waals surface area contributed by atoms with Crippen molar-refractivity contribution in [2.75, 3.05) is 0 Å². The Kier molecular flexibility index (Phi) is 4.38. The molecule has 0 saturated carbocycles. The van der Waals surface area contributed by atoms with E-state index in [1.807, 2.05) is 0 Å². The number of hydrogen-bond donors (Lipinski definition) is 1. The van der Waals surface area contributed by atoms with E-state index < -0.39 is 6.10 Å². The second kappa shape index (κ2) is 5.83. The summed E-state index contributed by atoms with van der Waals surface area (Å²) in [6, 6.07) is 11.5. The van der Waals surface area contributed by atoms with E-state index in [0.717, 1.165) is 15.6 Å². The fourth-order valence-corrected chi connectivity index (χ4v) is 2.35. The number of halogens is 3. The highest BCUT2D eigenvalue weighted by Gasteiger charge is 2.11. The van der Waals surface area contributed by atoms with Crippen molar-refractivity contribution in [2.45, 2.75) is 12.5 Å². The minimum absolute atomic E-state index is 0.313. The van der Waals surface area contributed by atoms with Gasteiger partial charge in [0, 0.05) is 15.9 Å². The van der Waals surface area contributed by atoms with E-state index in [9.17, 15) is 9.50 Å². The highest BCUT2D eigenvalue weighted by Crippen LogP contribution is 2.25. The van der Waals surface area contributed by atoms with E-state index in [-0.39, 0.29) is 5.82 Å². The Morgan fingerprint density at radius 3 is 2.72 bits per heavy atom. The van der Waals surface area contributed by atoms with Crippen LogP contribution in [-0.2, 0) is 6.42 Å². The molecule has 0 spiro atoms. The molecule has 0 aliphatic rings. The lowest BCUT2D eigenvalue weighted by Crippen LogP contribution is -2.02. The smallest absolute Gasteiger partial charge is 0.123 e.